The fourth-order valence-corrected chi connectivity index (χ4v) is 8.77. The molecule has 0 unspecified atom stereocenters. The van der Waals surface area contributed by atoms with Crippen molar-refractivity contribution in [1.29, 1.82) is 0 Å². The first-order chi connectivity index (χ1) is 21.2. The average molecular weight is 560 g/mol. The topological polar surface area (TPSA) is 51.8 Å². The normalized spacial score (nSPS) is 24.0. The summed E-state index contributed by atoms with van der Waals surface area (Å²) in [7, 11) is 0. The van der Waals surface area contributed by atoms with Crippen LogP contribution >= 0.6 is 0 Å². The number of hydrogen-bond acceptors (Lipinski definition) is 4. The third-order valence-electron chi connectivity index (χ3n) is 10.4. The Kier molecular flexibility index (Phi) is 5.65. The minimum atomic E-state index is 0.145. The van der Waals surface area contributed by atoms with Crippen molar-refractivity contribution in [2.75, 3.05) is 0 Å². The Morgan fingerprint density at radius 2 is 1.12 bits per heavy atom. The Bertz CT molecular complexity index is 1900. The van der Waals surface area contributed by atoms with E-state index in [0.29, 0.717) is 0 Å². The summed E-state index contributed by atoms with van der Waals surface area (Å²) in [6.07, 6.45) is 9.55. The zero-order chi connectivity index (χ0) is 28.4. The molecule has 4 bridgehead atoms. The number of para-hydroxylation sites is 1. The lowest BCUT2D eigenvalue weighted by Crippen LogP contribution is -2.49. The Hall–Kier alpha value is -4.57. The molecule has 0 spiro atoms. The van der Waals surface area contributed by atoms with Crippen LogP contribution in [0.5, 0.6) is 0 Å². The number of nitrogens with zero attached hydrogens (tertiary/aromatic N) is 3. The van der Waals surface area contributed by atoms with Crippen LogP contribution in [0, 0.1) is 17.8 Å². The molecule has 0 aliphatic heterocycles. The fraction of sp³-hybridized carbons (Fsp3) is 0.256. The molecule has 4 saturated carbocycles. The molecule has 4 aliphatic rings. The van der Waals surface area contributed by atoms with Gasteiger partial charge in [0.1, 0.15) is 11.3 Å². The maximum Gasteiger partial charge on any atom is 0.182 e. The molecule has 43 heavy (non-hydrogen) atoms. The van der Waals surface area contributed by atoms with Gasteiger partial charge < -0.3 is 4.42 Å². The van der Waals surface area contributed by atoms with Crippen LogP contribution in [0.3, 0.4) is 0 Å². The molecule has 4 heteroatoms. The van der Waals surface area contributed by atoms with E-state index in [4.69, 9.17) is 14.4 Å². The van der Waals surface area contributed by atoms with Crippen molar-refractivity contribution in [2.24, 2.45) is 17.8 Å². The molecule has 0 atom stereocenters. The number of fused-ring (bicyclic) bond motifs is 1. The predicted molar refractivity (Wildman–Crippen MR) is 171 cm³/mol. The highest BCUT2D eigenvalue weighted by Crippen LogP contribution is 2.60. The van der Waals surface area contributed by atoms with E-state index in [2.05, 4.69) is 96.0 Å². The Morgan fingerprint density at radius 1 is 0.558 bits per heavy atom. The first-order valence-electron chi connectivity index (χ1n) is 15.7. The van der Waals surface area contributed by atoms with E-state index >= 15 is 0 Å². The molecule has 2 aromatic heterocycles. The summed E-state index contributed by atoms with van der Waals surface area (Å²) in [6.45, 7) is 0. The van der Waals surface area contributed by atoms with Crippen molar-refractivity contribution < 1.29 is 4.42 Å². The minimum Gasteiger partial charge on any atom is -0.443 e. The van der Waals surface area contributed by atoms with E-state index in [1.165, 1.54) is 56.0 Å². The Labute approximate surface area is 251 Å². The molecule has 0 N–H and O–H groups in total. The molecule has 4 nitrogen and oxygen atoms in total. The van der Waals surface area contributed by atoms with Crippen LogP contribution in [-0.2, 0) is 5.41 Å². The SMILES string of the molecule is c1ccc(-c2cc(-c3ccc(-c4ccc(-c5cccc6ocnc56)cc4)cc3)nc(C34CC5CC(CC(C5)C3)C4)n2)cc1. The van der Waals surface area contributed by atoms with E-state index in [1.807, 2.05) is 12.1 Å². The van der Waals surface area contributed by atoms with Crippen LogP contribution in [0.15, 0.2) is 114 Å². The number of oxazole rings is 1. The largest absolute Gasteiger partial charge is 0.443 e. The number of hydrogen-bond donors (Lipinski definition) is 0. The third-order valence-corrected chi connectivity index (χ3v) is 10.4. The van der Waals surface area contributed by atoms with Gasteiger partial charge in [0, 0.05) is 22.1 Å². The molecule has 210 valence electrons. The maximum atomic E-state index is 5.50. The molecule has 4 aliphatic carbocycles. The monoisotopic (exact) mass is 559 g/mol. The molecular weight excluding hydrogens is 526 g/mol. The lowest BCUT2D eigenvalue weighted by molar-refractivity contribution is -0.00929. The highest BCUT2D eigenvalue weighted by Gasteiger charge is 2.53. The average Bonchev–Trinajstić information content (AvgIpc) is 3.54. The van der Waals surface area contributed by atoms with Gasteiger partial charge in [-0.05, 0) is 85.1 Å². The quantitative estimate of drug-likeness (QED) is 0.211. The van der Waals surface area contributed by atoms with E-state index in [-0.39, 0.29) is 5.41 Å². The summed E-state index contributed by atoms with van der Waals surface area (Å²) >= 11 is 0. The van der Waals surface area contributed by atoms with Gasteiger partial charge in [0.05, 0.1) is 11.4 Å². The number of aromatic nitrogens is 3. The Morgan fingerprint density at radius 3 is 1.74 bits per heavy atom. The van der Waals surface area contributed by atoms with Gasteiger partial charge in [-0.3, -0.25) is 0 Å². The summed E-state index contributed by atoms with van der Waals surface area (Å²) in [5.41, 5.74) is 10.8. The second kappa shape index (κ2) is 9.74. The van der Waals surface area contributed by atoms with Crippen LogP contribution in [0.2, 0.25) is 0 Å². The smallest absolute Gasteiger partial charge is 0.182 e. The first-order valence-corrected chi connectivity index (χ1v) is 15.7. The van der Waals surface area contributed by atoms with Gasteiger partial charge in [-0.1, -0.05) is 91.0 Å². The van der Waals surface area contributed by atoms with Gasteiger partial charge in [0.25, 0.3) is 0 Å². The fourth-order valence-electron chi connectivity index (χ4n) is 8.77. The molecule has 4 fully saturated rings. The molecule has 0 radical (unpaired) electrons. The zero-order valence-corrected chi connectivity index (χ0v) is 24.1. The van der Waals surface area contributed by atoms with Gasteiger partial charge >= 0.3 is 0 Å². The van der Waals surface area contributed by atoms with Crippen LogP contribution in [0.25, 0.3) is 55.9 Å². The highest BCUT2D eigenvalue weighted by atomic mass is 16.3. The Balaban J connectivity index is 1.06. The molecule has 2 heterocycles. The van der Waals surface area contributed by atoms with Gasteiger partial charge in [0.2, 0.25) is 0 Å². The first kappa shape index (κ1) is 25.0. The third kappa shape index (κ3) is 4.31. The van der Waals surface area contributed by atoms with Gasteiger partial charge in [-0.2, -0.15) is 0 Å². The lowest BCUT2D eigenvalue weighted by atomic mass is 9.49. The second-order valence-corrected chi connectivity index (χ2v) is 13.2. The van der Waals surface area contributed by atoms with E-state index in [0.717, 1.165) is 68.3 Å². The second-order valence-electron chi connectivity index (χ2n) is 13.2. The van der Waals surface area contributed by atoms with Gasteiger partial charge in [0.15, 0.2) is 12.0 Å². The number of benzene rings is 4. The van der Waals surface area contributed by atoms with Crippen LogP contribution in [-0.4, -0.2) is 15.0 Å². The van der Waals surface area contributed by atoms with E-state index in [1.54, 1.807) is 0 Å². The summed E-state index contributed by atoms with van der Waals surface area (Å²) < 4.78 is 5.50. The van der Waals surface area contributed by atoms with Gasteiger partial charge in [-0.15, -0.1) is 0 Å². The summed E-state index contributed by atoms with van der Waals surface area (Å²) in [4.78, 5) is 15.1. The predicted octanol–water partition coefficient (Wildman–Crippen LogP) is 9.75. The van der Waals surface area contributed by atoms with Gasteiger partial charge in [-0.25, -0.2) is 15.0 Å². The van der Waals surface area contributed by atoms with Crippen LogP contribution in [0.4, 0.5) is 0 Å². The van der Waals surface area contributed by atoms with E-state index in [9.17, 15) is 0 Å². The number of rotatable bonds is 5. The van der Waals surface area contributed by atoms with Crippen molar-refractivity contribution in [2.45, 2.75) is 43.9 Å². The molecule has 4 aromatic carbocycles. The summed E-state index contributed by atoms with van der Waals surface area (Å²) in [5, 5.41) is 0. The van der Waals surface area contributed by atoms with Crippen molar-refractivity contribution in [1.82, 2.24) is 15.0 Å². The maximum absolute atomic E-state index is 5.50. The van der Waals surface area contributed by atoms with Crippen molar-refractivity contribution in [3.8, 4) is 44.8 Å². The minimum absolute atomic E-state index is 0.145. The molecule has 0 amide bonds. The molecule has 10 rings (SSSR count). The van der Waals surface area contributed by atoms with Crippen molar-refractivity contribution in [3.05, 3.63) is 115 Å². The molecule has 0 saturated heterocycles. The summed E-state index contributed by atoms with van der Waals surface area (Å²) in [6, 6.07) is 36.5. The van der Waals surface area contributed by atoms with E-state index < -0.39 is 0 Å². The zero-order valence-electron chi connectivity index (χ0n) is 24.1. The summed E-state index contributed by atoms with van der Waals surface area (Å²) in [5.74, 6) is 3.65. The molecule has 6 aromatic rings. The van der Waals surface area contributed by atoms with Crippen molar-refractivity contribution in [3.63, 3.8) is 0 Å². The van der Waals surface area contributed by atoms with Crippen LogP contribution < -0.4 is 0 Å². The molecular formula is C39H33N3O. The van der Waals surface area contributed by atoms with Crippen LogP contribution in [0.1, 0.15) is 44.3 Å². The van der Waals surface area contributed by atoms with Crippen molar-refractivity contribution >= 4 is 11.1 Å². The highest BCUT2D eigenvalue weighted by molar-refractivity contribution is 5.91. The lowest BCUT2D eigenvalue weighted by Gasteiger charge is -2.56. The standard InChI is InChI=1S/C39H33N3O/c1-2-5-31(6-3-1)34-20-35(42-38(41-34)39-21-25-17-26(22-39)19-27(18-25)23-39)32-15-11-29(12-16-32)28-9-13-30(14-10-28)33-7-4-8-36-37(33)40-24-43-36/h1-16,20,24-27H,17-19,21-23H2.